The van der Waals surface area contributed by atoms with Gasteiger partial charge in [0.1, 0.15) is 5.82 Å². The van der Waals surface area contributed by atoms with Gasteiger partial charge >= 0.3 is 0 Å². The van der Waals surface area contributed by atoms with Crippen LogP contribution in [0.4, 0.5) is 10.1 Å². The van der Waals surface area contributed by atoms with Crippen molar-refractivity contribution in [1.82, 2.24) is 10.2 Å². The summed E-state index contributed by atoms with van der Waals surface area (Å²) in [5.74, 6) is -0.974. The van der Waals surface area contributed by atoms with E-state index in [1.54, 1.807) is 11.0 Å². The molecule has 3 rings (SSSR count). The third-order valence-corrected chi connectivity index (χ3v) is 4.16. The van der Waals surface area contributed by atoms with Crippen LogP contribution in [-0.4, -0.2) is 41.9 Å². The molecule has 1 fully saturated rings. The van der Waals surface area contributed by atoms with Crippen LogP contribution in [0.25, 0.3) is 0 Å². The highest BCUT2D eigenvalue weighted by Crippen LogP contribution is 2.27. The largest absolute Gasteiger partial charge is 0.335 e. The fourth-order valence-electron chi connectivity index (χ4n) is 3.23. The van der Waals surface area contributed by atoms with Gasteiger partial charge in [-0.3, -0.25) is 9.59 Å². The first-order valence-electron chi connectivity index (χ1n) is 7.61. The van der Waals surface area contributed by atoms with Gasteiger partial charge in [0.05, 0.1) is 5.56 Å². The van der Waals surface area contributed by atoms with Crippen molar-refractivity contribution in [3.05, 3.63) is 29.1 Å². The molecule has 0 aliphatic carbocycles. The second-order valence-corrected chi connectivity index (χ2v) is 6.22. The second-order valence-electron chi connectivity index (χ2n) is 6.22. The number of hydrogen-bond acceptors (Lipinski definition) is 3. The average Bonchev–Trinajstić information content (AvgIpc) is 2.44. The van der Waals surface area contributed by atoms with Gasteiger partial charge in [0, 0.05) is 37.3 Å². The summed E-state index contributed by atoms with van der Waals surface area (Å²) < 4.78 is 14.3. The van der Waals surface area contributed by atoms with Crippen LogP contribution in [0.2, 0.25) is 0 Å². The quantitative estimate of drug-likeness (QED) is 0.820. The van der Waals surface area contributed by atoms with Crippen LogP contribution in [0.3, 0.4) is 0 Å². The average molecular weight is 342 g/mol. The molecule has 0 saturated carbocycles. The topological polar surface area (TPSA) is 61.4 Å². The first kappa shape index (κ1) is 17.7. The van der Waals surface area contributed by atoms with Gasteiger partial charge in [0.25, 0.3) is 5.91 Å². The lowest BCUT2D eigenvalue weighted by molar-refractivity contribution is -0.116. The molecule has 0 radical (unpaired) electrons. The lowest BCUT2D eigenvalue weighted by atomic mass is 9.99. The number of anilines is 1. The molecule has 23 heavy (non-hydrogen) atoms. The van der Waals surface area contributed by atoms with Crippen molar-refractivity contribution in [2.75, 3.05) is 18.4 Å². The molecule has 0 bridgehead atoms. The van der Waals surface area contributed by atoms with E-state index >= 15 is 0 Å². The molecule has 2 unspecified atom stereocenters. The fourth-order valence-corrected chi connectivity index (χ4v) is 3.23. The van der Waals surface area contributed by atoms with Gasteiger partial charge in [-0.2, -0.15) is 0 Å². The number of amides is 2. The van der Waals surface area contributed by atoms with Crippen molar-refractivity contribution in [2.45, 2.75) is 38.8 Å². The van der Waals surface area contributed by atoms with E-state index in [0.29, 0.717) is 31.6 Å². The van der Waals surface area contributed by atoms with E-state index in [0.717, 1.165) is 5.56 Å². The Hall–Kier alpha value is -1.66. The summed E-state index contributed by atoms with van der Waals surface area (Å²) in [6, 6.07) is 3.22. The minimum Gasteiger partial charge on any atom is -0.335 e. The number of benzene rings is 1. The van der Waals surface area contributed by atoms with E-state index < -0.39 is 5.82 Å². The molecule has 0 aromatic heterocycles. The SMILES string of the molecule is CC1CN(C(=O)c2cc3c(cc2F)NC(=O)CC3)CC(C)N1.Cl. The van der Waals surface area contributed by atoms with Crippen LogP contribution in [0.5, 0.6) is 0 Å². The van der Waals surface area contributed by atoms with Crippen molar-refractivity contribution < 1.29 is 14.0 Å². The summed E-state index contributed by atoms with van der Waals surface area (Å²) in [4.78, 5) is 25.7. The predicted octanol–water partition coefficient (Wildman–Crippen LogP) is 1.95. The van der Waals surface area contributed by atoms with Gasteiger partial charge in [0.15, 0.2) is 0 Å². The Balaban J connectivity index is 0.00000192. The molecule has 2 amide bonds. The molecule has 0 spiro atoms. The van der Waals surface area contributed by atoms with Crippen molar-refractivity contribution >= 4 is 29.9 Å². The molecule has 1 saturated heterocycles. The first-order valence-corrected chi connectivity index (χ1v) is 7.61. The van der Waals surface area contributed by atoms with E-state index in [2.05, 4.69) is 10.6 Å². The molecule has 2 heterocycles. The lowest BCUT2D eigenvalue weighted by Gasteiger charge is -2.36. The molecule has 2 atom stereocenters. The van der Waals surface area contributed by atoms with E-state index in [1.165, 1.54) is 6.07 Å². The van der Waals surface area contributed by atoms with Gasteiger partial charge in [-0.05, 0) is 38.0 Å². The van der Waals surface area contributed by atoms with E-state index in [-0.39, 0.29) is 41.9 Å². The molecule has 7 heteroatoms. The van der Waals surface area contributed by atoms with Crippen LogP contribution in [0.1, 0.15) is 36.2 Å². The number of carbonyl (C=O) groups excluding carboxylic acids is 2. The maximum Gasteiger partial charge on any atom is 0.256 e. The number of piperazine rings is 1. The summed E-state index contributed by atoms with van der Waals surface area (Å²) in [7, 11) is 0. The summed E-state index contributed by atoms with van der Waals surface area (Å²) in [5, 5.41) is 6.00. The minimum atomic E-state index is -0.579. The molecule has 1 aromatic carbocycles. The fraction of sp³-hybridized carbons (Fsp3) is 0.500. The number of hydrogen-bond donors (Lipinski definition) is 2. The van der Waals surface area contributed by atoms with Crippen molar-refractivity contribution in [2.24, 2.45) is 0 Å². The zero-order valence-corrected chi connectivity index (χ0v) is 14.0. The third kappa shape index (κ3) is 3.64. The highest BCUT2D eigenvalue weighted by Gasteiger charge is 2.28. The van der Waals surface area contributed by atoms with Crippen LogP contribution in [-0.2, 0) is 11.2 Å². The first-order chi connectivity index (χ1) is 10.4. The van der Waals surface area contributed by atoms with Crippen LogP contribution >= 0.6 is 12.4 Å². The smallest absolute Gasteiger partial charge is 0.256 e. The lowest BCUT2D eigenvalue weighted by Crippen LogP contribution is -2.55. The Morgan fingerprint density at radius 2 is 1.87 bits per heavy atom. The number of aryl methyl sites for hydroxylation is 1. The highest BCUT2D eigenvalue weighted by atomic mass is 35.5. The molecular weight excluding hydrogens is 321 g/mol. The summed E-state index contributed by atoms with van der Waals surface area (Å²) in [5.41, 5.74) is 1.39. The third-order valence-electron chi connectivity index (χ3n) is 4.16. The Bertz CT molecular complexity index is 628. The maximum atomic E-state index is 14.3. The number of carbonyl (C=O) groups is 2. The highest BCUT2D eigenvalue weighted by molar-refractivity contribution is 5.98. The molecular formula is C16H21ClFN3O2. The summed E-state index contributed by atoms with van der Waals surface area (Å²) in [6.07, 6.45) is 0.907. The molecule has 2 aliphatic heterocycles. The van der Waals surface area contributed by atoms with Gasteiger partial charge in [-0.25, -0.2) is 4.39 Å². The summed E-state index contributed by atoms with van der Waals surface area (Å²) in [6.45, 7) is 5.15. The van der Waals surface area contributed by atoms with Gasteiger partial charge in [0.2, 0.25) is 5.91 Å². The molecule has 126 valence electrons. The standard InChI is InChI=1S/C16H20FN3O2.ClH/c1-9-7-20(8-10(2)18-9)16(22)12-5-11-3-4-15(21)19-14(11)6-13(12)17;/h5-6,9-10,18H,3-4,7-8H2,1-2H3,(H,19,21);1H. The number of rotatable bonds is 1. The molecule has 1 aromatic rings. The van der Waals surface area contributed by atoms with Gasteiger partial charge in [-0.15, -0.1) is 12.4 Å². The van der Waals surface area contributed by atoms with Crippen LogP contribution < -0.4 is 10.6 Å². The molecule has 2 N–H and O–H groups in total. The van der Waals surface area contributed by atoms with Crippen LogP contribution in [0, 0.1) is 5.82 Å². The predicted molar refractivity (Wildman–Crippen MR) is 88.6 cm³/mol. The zero-order chi connectivity index (χ0) is 15.9. The normalized spacial score (nSPS) is 23.6. The zero-order valence-electron chi connectivity index (χ0n) is 13.2. The van der Waals surface area contributed by atoms with Crippen molar-refractivity contribution in [1.29, 1.82) is 0 Å². The van der Waals surface area contributed by atoms with Gasteiger partial charge in [-0.1, -0.05) is 0 Å². The number of fused-ring (bicyclic) bond motifs is 1. The van der Waals surface area contributed by atoms with E-state index in [9.17, 15) is 14.0 Å². The second kappa shape index (κ2) is 6.84. The summed E-state index contributed by atoms with van der Waals surface area (Å²) >= 11 is 0. The number of nitrogens with zero attached hydrogens (tertiary/aromatic N) is 1. The maximum absolute atomic E-state index is 14.3. The monoisotopic (exact) mass is 341 g/mol. The molecule has 2 aliphatic rings. The number of halogens is 2. The Morgan fingerprint density at radius 3 is 2.52 bits per heavy atom. The van der Waals surface area contributed by atoms with Crippen molar-refractivity contribution in [3.63, 3.8) is 0 Å². The minimum absolute atomic E-state index is 0. The molecule has 5 nitrogen and oxygen atoms in total. The Labute approximate surface area is 141 Å². The van der Waals surface area contributed by atoms with Crippen molar-refractivity contribution in [3.8, 4) is 0 Å². The van der Waals surface area contributed by atoms with E-state index in [1.807, 2.05) is 13.8 Å². The van der Waals surface area contributed by atoms with E-state index in [4.69, 9.17) is 0 Å². The number of nitrogens with one attached hydrogen (secondary N) is 2. The van der Waals surface area contributed by atoms with Crippen LogP contribution in [0.15, 0.2) is 12.1 Å². The Morgan fingerprint density at radius 1 is 1.22 bits per heavy atom. The van der Waals surface area contributed by atoms with Gasteiger partial charge < -0.3 is 15.5 Å². The Kier molecular flexibility index (Phi) is 5.26.